The second kappa shape index (κ2) is 8.83. The summed E-state index contributed by atoms with van der Waals surface area (Å²) in [5, 5.41) is 0. The zero-order valence-corrected chi connectivity index (χ0v) is 19.1. The van der Waals surface area contributed by atoms with E-state index in [0.29, 0.717) is 30.0 Å². The third-order valence-corrected chi connectivity index (χ3v) is 6.06. The Morgan fingerprint density at radius 1 is 0.781 bits per heavy atom. The number of hydrogen-bond donors (Lipinski definition) is 0. The molecule has 0 radical (unpaired) electrons. The quantitative estimate of drug-likeness (QED) is 0.496. The third kappa shape index (κ3) is 3.96. The van der Waals surface area contributed by atoms with Gasteiger partial charge in [0.25, 0.3) is 11.8 Å². The number of carbonyl (C=O) groups excluding carboxylic acids is 2. The maximum absolute atomic E-state index is 13.7. The van der Waals surface area contributed by atoms with E-state index in [1.54, 1.807) is 0 Å². The highest BCUT2D eigenvalue weighted by Crippen LogP contribution is 2.36. The van der Waals surface area contributed by atoms with Gasteiger partial charge >= 0.3 is 0 Å². The van der Waals surface area contributed by atoms with Gasteiger partial charge in [0.05, 0.1) is 11.3 Å². The van der Waals surface area contributed by atoms with Gasteiger partial charge in [0.2, 0.25) is 0 Å². The van der Waals surface area contributed by atoms with Gasteiger partial charge in [-0.15, -0.1) is 0 Å². The van der Waals surface area contributed by atoms with Crippen LogP contribution in [0.1, 0.15) is 34.7 Å². The molecule has 0 spiro atoms. The number of aryl methyl sites for hydroxylation is 3. The molecule has 0 fully saturated rings. The fraction of sp³-hybridized carbons (Fsp3) is 0.214. The van der Waals surface area contributed by atoms with E-state index in [4.69, 9.17) is 0 Å². The average Bonchev–Trinajstić information content (AvgIpc) is 3.05. The lowest BCUT2D eigenvalue weighted by molar-refractivity contribution is -0.120. The SMILES string of the molecule is CCN(Cc1ccccc1)C1=C(c2ccc(C)c(C)c2)C(=O)N(c2ccc(C)cc2)C1=O. The van der Waals surface area contributed by atoms with E-state index in [0.717, 1.165) is 27.8 Å². The molecule has 4 nitrogen and oxygen atoms in total. The smallest absolute Gasteiger partial charge is 0.282 e. The summed E-state index contributed by atoms with van der Waals surface area (Å²) in [6, 6.07) is 23.5. The molecule has 0 unspecified atom stereocenters. The Morgan fingerprint density at radius 2 is 1.47 bits per heavy atom. The van der Waals surface area contributed by atoms with E-state index in [1.807, 2.05) is 105 Å². The highest BCUT2D eigenvalue weighted by atomic mass is 16.2. The van der Waals surface area contributed by atoms with Gasteiger partial charge in [-0.25, -0.2) is 4.90 Å². The van der Waals surface area contributed by atoms with Crippen molar-refractivity contribution in [1.82, 2.24) is 4.90 Å². The molecule has 32 heavy (non-hydrogen) atoms. The molecule has 0 aromatic heterocycles. The predicted octanol–water partition coefficient (Wildman–Crippen LogP) is 5.42. The standard InChI is InChI=1S/C28H28N2O2/c1-5-29(18-22-9-7-6-8-10-22)26-25(23-14-13-20(3)21(4)17-23)27(31)30(28(26)32)24-15-11-19(2)12-16-24/h6-17H,5,18H2,1-4H3. The largest absolute Gasteiger partial charge is 0.362 e. The summed E-state index contributed by atoms with van der Waals surface area (Å²) in [6.07, 6.45) is 0. The molecule has 0 N–H and O–H groups in total. The van der Waals surface area contributed by atoms with Gasteiger partial charge in [0.15, 0.2) is 0 Å². The van der Waals surface area contributed by atoms with Crippen LogP contribution in [0.4, 0.5) is 5.69 Å². The number of rotatable bonds is 6. The van der Waals surface area contributed by atoms with Gasteiger partial charge in [0.1, 0.15) is 5.70 Å². The minimum Gasteiger partial charge on any atom is -0.362 e. The molecule has 4 heteroatoms. The van der Waals surface area contributed by atoms with Crippen LogP contribution in [0.15, 0.2) is 78.5 Å². The minimum absolute atomic E-state index is 0.273. The first kappa shape index (κ1) is 21.6. The Bertz CT molecular complexity index is 1190. The van der Waals surface area contributed by atoms with Crippen molar-refractivity contribution in [1.29, 1.82) is 0 Å². The van der Waals surface area contributed by atoms with Crippen LogP contribution in [-0.4, -0.2) is 23.3 Å². The molecule has 4 rings (SSSR count). The predicted molar refractivity (Wildman–Crippen MR) is 129 cm³/mol. The van der Waals surface area contributed by atoms with E-state index in [-0.39, 0.29) is 11.8 Å². The molecule has 0 bridgehead atoms. The number of benzene rings is 3. The number of carbonyl (C=O) groups is 2. The van der Waals surface area contributed by atoms with E-state index >= 15 is 0 Å². The van der Waals surface area contributed by atoms with Crippen molar-refractivity contribution >= 4 is 23.1 Å². The maximum atomic E-state index is 13.7. The first-order valence-electron chi connectivity index (χ1n) is 11.0. The lowest BCUT2D eigenvalue weighted by atomic mass is 9.99. The van der Waals surface area contributed by atoms with E-state index in [2.05, 4.69) is 0 Å². The van der Waals surface area contributed by atoms with Crippen molar-refractivity contribution in [2.75, 3.05) is 11.4 Å². The van der Waals surface area contributed by atoms with Crippen molar-refractivity contribution in [2.24, 2.45) is 0 Å². The Kier molecular flexibility index (Phi) is 5.95. The molecule has 1 aliphatic heterocycles. The highest BCUT2D eigenvalue weighted by molar-refractivity contribution is 6.45. The normalized spacial score (nSPS) is 13.8. The van der Waals surface area contributed by atoms with Crippen LogP contribution in [0.2, 0.25) is 0 Å². The maximum Gasteiger partial charge on any atom is 0.282 e. The Balaban J connectivity index is 1.85. The molecule has 1 aliphatic rings. The van der Waals surface area contributed by atoms with E-state index < -0.39 is 0 Å². The summed E-state index contributed by atoms with van der Waals surface area (Å²) >= 11 is 0. The zero-order valence-electron chi connectivity index (χ0n) is 19.1. The van der Waals surface area contributed by atoms with Gasteiger partial charge < -0.3 is 4.90 Å². The monoisotopic (exact) mass is 424 g/mol. The first-order chi connectivity index (χ1) is 15.4. The Morgan fingerprint density at radius 3 is 2.09 bits per heavy atom. The summed E-state index contributed by atoms with van der Waals surface area (Å²) in [5.41, 5.74) is 6.72. The summed E-state index contributed by atoms with van der Waals surface area (Å²) in [7, 11) is 0. The molecule has 3 aromatic carbocycles. The summed E-state index contributed by atoms with van der Waals surface area (Å²) in [6.45, 7) is 9.24. The summed E-state index contributed by atoms with van der Waals surface area (Å²) in [5.74, 6) is -0.548. The van der Waals surface area contributed by atoms with Crippen molar-refractivity contribution in [3.8, 4) is 0 Å². The molecule has 0 atom stereocenters. The van der Waals surface area contributed by atoms with E-state index in [9.17, 15) is 9.59 Å². The molecule has 162 valence electrons. The van der Waals surface area contributed by atoms with Crippen LogP contribution in [0.25, 0.3) is 5.57 Å². The fourth-order valence-corrected chi connectivity index (χ4v) is 4.05. The summed E-state index contributed by atoms with van der Waals surface area (Å²) < 4.78 is 0. The zero-order chi connectivity index (χ0) is 22.8. The number of hydrogen-bond acceptors (Lipinski definition) is 3. The van der Waals surface area contributed by atoms with Crippen LogP contribution in [0, 0.1) is 20.8 Å². The van der Waals surface area contributed by atoms with Crippen LogP contribution in [0.5, 0.6) is 0 Å². The lowest BCUT2D eigenvalue weighted by Gasteiger charge is -2.25. The van der Waals surface area contributed by atoms with Crippen LogP contribution < -0.4 is 4.90 Å². The molecular formula is C28H28N2O2. The number of nitrogens with zero attached hydrogens (tertiary/aromatic N) is 2. The minimum atomic E-state index is -0.274. The summed E-state index contributed by atoms with van der Waals surface area (Å²) in [4.78, 5) is 30.8. The number of amides is 2. The number of imide groups is 1. The van der Waals surface area contributed by atoms with Crippen LogP contribution in [-0.2, 0) is 16.1 Å². The van der Waals surface area contributed by atoms with Crippen molar-refractivity contribution in [2.45, 2.75) is 34.2 Å². The van der Waals surface area contributed by atoms with Crippen LogP contribution >= 0.6 is 0 Å². The van der Waals surface area contributed by atoms with Gasteiger partial charge in [0, 0.05) is 13.1 Å². The van der Waals surface area contributed by atoms with Crippen LogP contribution in [0.3, 0.4) is 0 Å². The van der Waals surface area contributed by atoms with Gasteiger partial charge in [-0.05, 0) is 62.1 Å². The average molecular weight is 425 g/mol. The first-order valence-corrected chi connectivity index (χ1v) is 11.0. The number of likely N-dealkylation sites (N-methyl/N-ethyl adjacent to an activating group) is 1. The molecule has 0 aliphatic carbocycles. The lowest BCUT2D eigenvalue weighted by Crippen LogP contribution is -2.35. The second-order valence-electron chi connectivity index (χ2n) is 8.30. The van der Waals surface area contributed by atoms with Crippen molar-refractivity contribution < 1.29 is 9.59 Å². The molecule has 2 amide bonds. The molecule has 3 aromatic rings. The molecule has 0 saturated carbocycles. The fourth-order valence-electron chi connectivity index (χ4n) is 4.05. The second-order valence-corrected chi connectivity index (χ2v) is 8.30. The van der Waals surface area contributed by atoms with Gasteiger partial charge in [-0.1, -0.05) is 66.2 Å². The van der Waals surface area contributed by atoms with Crippen molar-refractivity contribution in [3.05, 3.63) is 106 Å². The Labute approximate surface area is 189 Å². The third-order valence-electron chi connectivity index (χ3n) is 6.06. The molecule has 1 heterocycles. The number of anilines is 1. The van der Waals surface area contributed by atoms with Gasteiger partial charge in [-0.3, -0.25) is 9.59 Å². The van der Waals surface area contributed by atoms with Crippen molar-refractivity contribution in [3.63, 3.8) is 0 Å². The molecule has 0 saturated heterocycles. The topological polar surface area (TPSA) is 40.6 Å². The highest BCUT2D eigenvalue weighted by Gasteiger charge is 2.42. The van der Waals surface area contributed by atoms with Gasteiger partial charge in [-0.2, -0.15) is 0 Å². The molecular weight excluding hydrogens is 396 g/mol. The van der Waals surface area contributed by atoms with E-state index in [1.165, 1.54) is 4.90 Å². The Hall–Kier alpha value is -3.66.